The fourth-order valence-corrected chi connectivity index (χ4v) is 5.84. The van der Waals surface area contributed by atoms with Gasteiger partial charge in [0.05, 0.1) is 6.04 Å². The van der Waals surface area contributed by atoms with Crippen molar-refractivity contribution in [3.05, 3.63) is 114 Å². The standard InChI is InChI=1S/C30H30N10O4/c31-24-25(27(42)26(24)41)40-8-7-16-2-1-15(9-19(16)13-40)12-34-29(43)22-11-23(36-14-35-22)30(44)37-21-6-4-17-10-18(3-5-20(17)21)28(38-32)39-33/h1-3,5,9-11,14,21H,4,6-8,12-13,31-33H2,(H,34,43)(H,37,44)(H,38,39). The number of hydrazine groups is 1. The first-order chi connectivity index (χ1) is 21.3. The van der Waals surface area contributed by atoms with Crippen LogP contribution in [-0.2, 0) is 25.9 Å². The second kappa shape index (κ2) is 11.6. The molecule has 0 saturated heterocycles. The van der Waals surface area contributed by atoms with Crippen molar-refractivity contribution in [3.8, 4) is 0 Å². The molecule has 1 aliphatic heterocycles. The zero-order valence-electron chi connectivity index (χ0n) is 23.6. The van der Waals surface area contributed by atoms with Crippen LogP contribution in [0.15, 0.2) is 63.5 Å². The molecule has 6 rings (SSSR count). The Morgan fingerprint density at radius 3 is 2.50 bits per heavy atom. The van der Waals surface area contributed by atoms with Crippen molar-refractivity contribution in [2.75, 3.05) is 17.2 Å². The Kier molecular flexibility index (Phi) is 7.49. The molecule has 14 heteroatoms. The number of amides is 2. The van der Waals surface area contributed by atoms with E-state index < -0.39 is 22.7 Å². The molecule has 0 radical (unpaired) electrons. The molecule has 0 spiro atoms. The molecule has 3 aromatic carbocycles. The van der Waals surface area contributed by atoms with Gasteiger partial charge in [0, 0.05) is 31.3 Å². The number of fused-ring (bicyclic) bond motifs is 2. The average molecular weight is 595 g/mol. The Bertz CT molecular complexity index is 1900. The number of nitrogen functional groups attached to an aromatic ring is 1. The topological polar surface area (TPSA) is 224 Å². The van der Waals surface area contributed by atoms with Crippen LogP contribution in [0.2, 0.25) is 0 Å². The Morgan fingerprint density at radius 1 is 0.955 bits per heavy atom. The molecule has 2 heterocycles. The highest BCUT2D eigenvalue weighted by molar-refractivity contribution is 5.99. The summed E-state index contributed by atoms with van der Waals surface area (Å²) in [5.74, 6) is 10.3. The predicted molar refractivity (Wildman–Crippen MR) is 163 cm³/mol. The van der Waals surface area contributed by atoms with Crippen LogP contribution in [0.3, 0.4) is 0 Å². The number of rotatable bonds is 7. The number of hydrogen-bond donors (Lipinski definition) is 6. The summed E-state index contributed by atoms with van der Waals surface area (Å²) in [5, 5.41) is 9.47. The number of nitrogens with zero attached hydrogens (tertiary/aromatic N) is 4. The van der Waals surface area contributed by atoms with Crippen molar-refractivity contribution in [3.63, 3.8) is 0 Å². The van der Waals surface area contributed by atoms with Crippen molar-refractivity contribution in [1.29, 1.82) is 0 Å². The monoisotopic (exact) mass is 594 g/mol. The van der Waals surface area contributed by atoms with E-state index in [1.807, 2.05) is 41.3 Å². The molecule has 4 aromatic rings. The lowest BCUT2D eigenvalue weighted by molar-refractivity contribution is 0.0931. The van der Waals surface area contributed by atoms with E-state index >= 15 is 0 Å². The molecule has 44 heavy (non-hydrogen) atoms. The minimum absolute atomic E-state index is 0.0133. The van der Waals surface area contributed by atoms with Gasteiger partial charge < -0.3 is 32.5 Å². The Hall–Kier alpha value is -5.63. The third-order valence-corrected chi connectivity index (χ3v) is 8.17. The first-order valence-electron chi connectivity index (χ1n) is 14.0. The molecule has 1 aromatic heterocycles. The third kappa shape index (κ3) is 5.22. The smallest absolute Gasteiger partial charge is 0.270 e. The van der Waals surface area contributed by atoms with E-state index in [1.165, 1.54) is 12.4 Å². The second-order valence-corrected chi connectivity index (χ2v) is 10.8. The predicted octanol–water partition coefficient (Wildman–Crippen LogP) is -0.352. The van der Waals surface area contributed by atoms with Gasteiger partial charge in [-0.1, -0.05) is 30.3 Å². The van der Waals surface area contributed by atoms with Gasteiger partial charge in [-0.2, -0.15) is 5.10 Å². The van der Waals surface area contributed by atoms with Crippen molar-refractivity contribution in [2.45, 2.75) is 38.4 Å². The van der Waals surface area contributed by atoms with Gasteiger partial charge in [0.15, 0.2) is 5.84 Å². The maximum absolute atomic E-state index is 13.1. The molecule has 0 fully saturated rings. The molecule has 2 amide bonds. The zero-order chi connectivity index (χ0) is 31.0. The highest BCUT2D eigenvalue weighted by atomic mass is 16.2. The number of nitrogens with one attached hydrogen (secondary N) is 3. The third-order valence-electron chi connectivity index (χ3n) is 8.17. The van der Waals surface area contributed by atoms with E-state index in [1.54, 1.807) is 0 Å². The van der Waals surface area contributed by atoms with Crippen molar-refractivity contribution in [1.82, 2.24) is 26.0 Å². The summed E-state index contributed by atoms with van der Waals surface area (Å²) in [4.78, 5) is 59.5. The number of nitrogens with two attached hydrogens (primary N) is 3. The lowest BCUT2D eigenvalue weighted by Crippen LogP contribution is -2.44. The molecular formula is C30H30N10O4. The van der Waals surface area contributed by atoms with Gasteiger partial charge >= 0.3 is 0 Å². The molecule has 1 unspecified atom stereocenters. The lowest BCUT2D eigenvalue weighted by atomic mass is 9.96. The number of amidine groups is 1. The number of benzene rings is 2. The summed E-state index contributed by atoms with van der Waals surface area (Å²) in [6.45, 7) is 1.25. The Labute approximate surface area is 251 Å². The number of aromatic nitrogens is 2. The van der Waals surface area contributed by atoms with Crippen LogP contribution in [0.25, 0.3) is 0 Å². The zero-order valence-corrected chi connectivity index (χ0v) is 23.6. The van der Waals surface area contributed by atoms with Gasteiger partial charge in [0.2, 0.25) is 0 Å². The molecule has 9 N–H and O–H groups in total. The minimum Gasteiger partial charge on any atom is -0.394 e. The Balaban J connectivity index is 1.08. The largest absolute Gasteiger partial charge is 0.394 e. The average Bonchev–Trinajstić information content (AvgIpc) is 3.45. The molecule has 14 nitrogen and oxygen atoms in total. The quantitative estimate of drug-likeness (QED) is 0.0533. The van der Waals surface area contributed by atoms with Crippen LogP contribution in [0.5, 0.6) is 0 Å². The van der Waals surface area contributed by atoms with E-state index in [2.05, 4.69) is 31.1 Å². The first-order valence-corrected chi connectivity index (χ1v) is 14.0. The highest BCUT2D eigenvalue weighted by Gasteiger charge is 2.28. The van der Waals surface area contributed by atoms with E-state index in [4.69, 9.17) is 17.4 Å². The maximum Gasteiger partial charge on any atom is 0.270 e. The lowest BCUT2D eigenvalue weighted by Gasteiger charge is -2.32. The first kappa shape index (κ1) is 28.5. The number of aryl methyl sites for hydroxylation is 1. The van der Waals surface area contributed by atoms with Crippen LogP contribution >= 0.6 is 0 Å². The number of hydrogen-bond acceptors (Lipinski definition) is 11. The fraction of sp³-hybridized carbons (Fsp3) is 0.233. The molecule has 2 aliphatic rings. The number of anilines is 2. The van der Waals surface area contributed by atoms with Gasteiger partial charge in [0.1, 0.15) is 29.1 Å². The van der Waals surface area contributed by atoms with Crippen LogP contribution in [-0.4, -0.2) is 34.2 Å². The normalized spacial score (nSPS) is 15.9. The molecule has 1 atom stereocenters. The van der Waals surface area contributed by atoms with Gasteiger partial charge in [-0.25, -0.2) is 15.8 Å². The number of carbonyl (C=O) groups is 2. The van der Waals surface area contributed by atoms with Gasteiger partial charge in [0.25, 0.3) is 22.7 Å². The molecular weight excluding hydrogens is 564 g/mol. The van der Waals surface area contributed by atoms with Gasteiger partial charge in [-0.3, -0.25) is 19.2 Å². The SMILES string of the molecule is N/N=C(\NN)c1ccc2c(c1)CCC2NC(=O)c1cc(C(=O)NCc2ccc3c(c2)CN(c2c(N)c(=O)c2=O)CC3)ncn1. The van der Waals surface area contributed by atoms with Crippen LogP contribution < -0.4 is 49.2 Å². The summed E-state index contributed by atoms with van der Waals surface area (Å²) in [6.07, 6.45) is 3.34. The van der Waals surface area contributed by atoms with Crippen LogP contribution in [0, 0.1) is 0 Å². The molecule has 1 aliphatic carbocycles. The van der Waals surface area contributed by atoms with E-state index in [0.29, 0.717) is 31.8 Å². The molecule has 0 bridgehead atoms. The highest BCUT2D eigenvalue weighted by Crippen LogP contribution is 2.32. The fourth-order valence-electron chi connectivity index (χ4n) is 5.84. The Morgan fingerprint density at radius 2 is 1.75 bits per heavy atom. The summed E-state index contributed by atoms with van der Waals surface area (Å²) >= 11 is 0. The molecule has 224 valence electrons. The van der Waals surface area contributed by atoms with Crippen molar-refractivity contribution >= 4 is 29.0 Å². The van der Waals surface area contributed by atoms with E-state index in [-0.39, 0.29) is 35.3 Å². The van der Waals surface area contributed by atoms with E-state index in [0.717, 1.165) is 39.8 Å². The molecule has 0 saturated carbocycles. The van der Waals surface area contributed by atoms with Crippen molar-refractivity contribution in [2.24, 2.45) is 16.8 Å². The summed E-state index contributed by atoms with van der Waals surface area (Å²) in [6, 6.07) is 12.7. The summed E-state index contributed by atoms with van der Waals surface area (Å²) < 4.78 is 0. The van der Waals surface area contributed by atoms with Crippen molar-refractivity contribution < 1.29 is 9.59 Å². The number of hydrazone groups is 1. The van der Waals surface area contributed by atoms with Crippen LogP contribution in [0.1, 0.15) is 66.8 Å². The second-order valence-electron chi connectivity index (χ2n) is 10.8. The van der Waals surface area contributed by atoms with Gasteiger partial charge in [-0.05, 0) is 53.1 Å². The van der Waals surface area contributed by atoms with Gasteiger partial charge in [-0.15, -0.1) is 0 Å². The number of carbonyl (C=O) groups excluding carboxylic acids is 2. The maximum atomic E-state index is 13.1. The minimum atomic E-state index is -0.635. The van der Waals surface area contributed by atoms with E-state index in [9.17, 15) is 19.2 Å². The summed E-state index contributed by atoms with van der Waals surface area (Å²) in [7, 11) is 0. The summed E-state index contributed by atoms with van der Waals surface area (Å²) in [5.41, 5.74) is 13.2. The van der Waals surface area contributed by atoms with Crippen LogP contribution in [0.4, 0.5) is 11.4 Å².